The molecule has 22 heavy (non-hydrogen) atoms. The van der Waals surface area contributed by atoms with Crippen molar-refractivity contribution in [3.05, 3.63) is 0 Å². The van der Waals surface area contributed by atoms with Crippen LogP contribution < -0.4 is 0 Å². The minimum atomic E-state index is -0.998. The Morgan fingerprint density at radius 2 is 1.27 bits per heavy atom. The summed E-state index contributed by atoms with van der Waals surface area (Å²) in [5.41, 5.74) is -0.328. The van der Waals surface area contributed by atoms with Crippen LogP contribution in [0.25, 0.3) is 0 Å². The van der Waals surface area contributed by atoms with E-state index in [1.54, 1.807) is 0 Å². The minimum absolute atomic E-state index is 0.160. The molecule has 0 amide bonds. The summed E-state index contributed by atoms with van der Waals surface area (Å²) >= 11 is 0. The summed E-state index contributed by atoms with van der Waals surface area (Å²) in [6.07, 6.45) is 7.64. The van der Waals surface area contributed by atoms with Crippen molar-refractivity contribution in [3.8, 4) is 0 Å². The molecule has 5 aliphatic rings. The molecule has 5 rings (SSSR count). The molecule has 0 aromatic heterocycles. The van der Waals surface area contributed by atoms with E-state index in [0.29, 0.717) is 11.8 Å². The highest BCUT2D eigenvalue weighted by molar-refractivity contribution is 5.80. The van der Waals surface area contributed by atoms with Crippen LogP contribution in [0.1, 0.15) is 71.6 Å². The number of ether oxygens (including phenoxy) is 2. The van der Waals surface area contributed by atoms with E-state index in [9.17, 15) is 9.59 Å². The third-order valence-electron chi connectivity index (χ3n) is 7.18. The summed E-state index contributed by atoms with van der Waals surface area (Å²) in [4.78, 5) is 24.6. The summed E-state index contributed by atoms with van der Waals surface area (Å²) in [7, 11) is 0. The summed E-state index contributed by atoms with van der Waals surface area (Å²) < 4.78 is 12.1. The predicted molar refractivity (Wildman–Crippen MR) is 79.7 cm³/mol. The fourth-order valence-corrected chi connectivity index (χ4v) is 6.55. The molecule has 1 aliphatic heterocycles. The van der Waals surface area contributed by atoms with Gasteiger partial charge in [0.25, 0.3) is 5.79 Å². The summed E-state index contributed by atoms with van der Waals surface area (Å²) in [6.45, 7) is 4.34. The Morgan fingerprint density at radius 3 is 1.64 bits per heavy atom. The highest BCUT2D eigenvalue weighted by Crippen LogP contribution is 2.73. The molecule has 0 aromatic carbocycles. The Hall–Kier alpha value is -1.06. The normalized spacial score (nSPS) is 45.5. The lowest BCUT2D eigenvalue weighted by Crippen LogP contribution is -2.72. The van der Waals surface area contributed by atoms with E-state index in [4.69, 9.17) is 9.47 Å². The van der Waals surface area contributed by atoms with Gasteiger partial charge in [-0.2, -0.15) is 0 Å². The van der Waals surface area contributed by atoms with E-state index in [1.807, 2.05) is 0 Å². The van der Waals surface area contributed by atoms with Gasteiger partial charge in [-0.25, -0.2) is 0 Å². The van der Waals surface area contributed by atoms with Crippen molar-refractivity contribution in [1.29, 1.82) is 0 Å². The lowest BCUT2D eigenvalue weighted by atomic mass is 9.39. The highest BCUT2D eigenvalue weighted by Gasteiger charge is 2.75. The zero-order valence-corrected chi connectivity index (χ0v) is 13.7. The average Bonchev–Trinajstić information content (AvgIpc) is 2.64. The Morgan fingerprint density at radius 1 is 0.864 bits per heavy atom. The Bertz CT molecular complexity index is 465. The standard InChI is InChI=1S/C18H26O4/c1-3-16-8-12-7-13(9-16)11-17(4-2,10-12)18(16)21-14(19)5-6-15(20)22-18/h12-13H,3-11H2,1-2H3. The molecule has 4 aliphatic carbocycles. The first-order valence-corrected chi connectivity index (χ1v) is 8.92. The van der Waals surface area contributed by atoms with Gasteiger partial charge in [0.2, 0.25) is 0 Å². The summed E-state index contributed by atoms with van der Waals surface area (Å²) in [5.74, 6) is -0.0861. The van der Waals surface area contributed by atoms with Gasteiger partial charge in [-0.05, 0) is 56.8 Å². The van der Waals surface area contributed by atoms with Crippen LogP contribution in [0, 0.1) is 22.7 Å². The molecule has 4 bridgehead atoms. The first-order chi connectivity index (χ1) is 10.5. The van der Waals surface area contributed by atoms with E-state index in [-0.39, 0.29) is 35.6 Å². The van der Waals surface area contributed by atoms with Crippen molar-refractivity contribution in [3.63, 3.8) is 0 Å². The van der Waals surface area contributed by atoms with E-state index < -0.39 is 5.79 Å². The van der Waals surface area contributed by atoms with Gasteiger partial charge in [0.05, 0.1) is 12.8 Å². The molecule has 0 N–H and O–H groups in total. The van der Waals surface area contributed by atoms with Gasteiger partial charge in [-0.15, -0.1) is 0 Å². The molecule has 1 spiro atoms. The predicted octanol–water partition coefficient (Wildman–Crippen LogP) is 3.58. The van der Waals surface area contributed by atoms with Crippen molar-refractivity contribution in [1.82, 2.24) is 0 Å². The Balaban J connectivity index is 1.89. The molecule has 122 valence electrons. The van der Waals surface area contributed by atoms with Crippen molar-refractivity contribution in [2.45, 2.75) is 77.4 Å². The van der Waals surface area contributed by atoms with Gasteiger partial charge in [0, 0.05) is 10.8 Å². The molecular formula is C18H26O4. The molecule has 4 saturated carbocycles. The first kappa shape index (κ1) is 14.5. The number of hydrogen-bond donors (Lipinski definition) is 0. The van der Waals surface area contributed by atoms with Crippen molar-refractivity contribution < 1.29 is 19.1 Å². The molecule has 5 fully saturated rings. The second kappa shape index (κ2) is 4.48. The van der Waals surface area contributed by atoms with Gasteiger partial charge < -0.3 is 9.47 Å². The molecule has 1 heterocycles. The number of carbonyl (C=O) groups excluding carboxylic acids is 2. The molecule has 1 saturated heterocycles. The van der Waals surface area contributed by atoms with Crippen molar-refractivity contribution in [2.24, 2.45) is 22.7 Å². The van der Waals surface area contributed by atoms with Crippen LogP contribution in [-0.2, 0) is 19.1 Å². The summed E-state index contributed by atoms with van der Waals surface area (Å²) in [5, 5.41) is 0. The first-order valence-electron chi connectivity index (χ1n) is 8.92. The maximum atomic E-state index is 12.3. The van der Waals surface area contributed by atoms with Crippen LogP contribution in [0.15, 0.2) is 0 Å². The van der Waals surface area contributed by atoms with Gasteiger partial charge in [0.1, 0.15) is 0 Å². The molecular weight excluding hydrogens is 280 g/mol. The Kier molecular flexibility index (Phi) is 2.96. The SMILES string of the molecule is CCC12CC3CC(C1)CC(CC)(C3)C21OC(=O)CCC(=O)O1. The quantitative estimate of drug-likeness (QED) is 0.732. The topological polar surface area (TPSA) is 52.6 Å². The second-order valence-corrected chi connectivity index (χ2v) is 8.12. The van der Waals surface area contributed by atoms with Crippen LogP contribution in [-0.4, -0.2) is 17.7 Å². The summed E-state index contributed by atoms with van der Waals surface area (Å²) in [6, 6.07) is 0. The van der Waals surface area contributed by atoms with Gasteiger partial charge in [0.15, 0.2) is 0 Å². The number of rotatable bonds is 2. The van der Waals surface area contributed by atoms with Crippen LogP contribution in [0.3, 0.4) is 0 Å². The van der Waals surface area contributed by atoms with E-state index in [2.05, 4.69) is 13.8 Å². The zero-order chi connectivity index (χ0) is 15.6. The zero-order valence-electron chi connectivity index (χ0n) is 13.7. The molecule has 4 heteroatoms. The van der Waals surface area contributed by atoms with Crippen LogP contribution in [0.2, 0.25) is 0 Å². The molecule has 0 aromatic rings. The van der Waals surface area contributed by atoms with Crippen LogP contribution in [0.5, 0.6) is 0 Å². The maximum Gasteiger partial charge on any atom is 0.309 e. The monoisotopic (exact) mass is 306 g/mol. The largest absolute Gasteiger partial charge is 0.421 e. The molecule has 0 unspecified atom stereocenters. The second-order valence-electron chi connectivity index (χ2n) is 8.12. The van der Waals surface area contributed by atoms with E-state index in [1.165, 1.54) is 6.42 Å². The van der Waals surface area contributed by atoms with Crippen LogP contribution >= 0.6 is 0 Å². The van der Waals surface area contributed by atoms with Gasteiger partial charge >= 0.3 is 11.9 Å². The molecule has 0 radical (unpaired) electrons. The average molecular weight is 306 g/mol. The maximum absolute atomic E-state index is 12.3. The van der Waals surface area contributed by atoms with Crippen molar-refractivity contribution in [2.75, 3.05) is 0 Å². The number of hydrogen-bond acceptors (Lipinski definition) is 4. The third kappa shape index (κ3) is 1.59. The lowest BCUT2D eigenvalue weighted by molar-refractivity contribution is -0.377. The highest BCUT2D eigenvalue weighted by atomic mass is 16.7. The van der Waals surface area contributed by atoms with E-state index in [0.717, 1.165) is 38.5 Å². The van der Waals surface area contributed by atoms with Gasteiger partial charge in [-0.3, -0.25) is 9.59 Å². The smallest absolute Gasteiger partial charge is 0.309 e. The number of esters is 2. The van der Waals surface area contributed by atoms with E-state index >= 15 is 0 Å². The lowest BCUT2D eigenvalue weighted by Gasteiger charge is -2.69. The fraction of sp³-hybridized carbons (Fsp3) is 0.889. The fourth-order valence-electron chi connectivity index (χ4n) is 6.55. The Labute approximate surface area is 131 Å². The molecule has 4 nitrogen and oxygen atoms in total. The number of carbonyl (C=O) groups is 2. The van der Waals surface area contributed by atoms with Gasteiger partial charge in [-0.1, -0.05) is 13.8 Å². The van der Waals surface area contributed by atoms with Crippen LogP contribution in [0.4, 0.5) is 0 Å². The minimum Gasteiger partial charge on any atom is -0.421 e. The third-order valence-corrected chi connectivity index (χ3v) is 7.18. The van der Waals surface area contributed by atoms with Crippen molar-refractivity contribution >= 4 is 11.9 Å². The molecule has 0 atom stereocenters.